The van der Waals surface area contributed by atoms with Crippen molar-refractivity contribution >= 4 is 23.6 Å². The molecule has 4 heteroatoms. The van der Waals surface area contributed by atoms with Gasteiger partial charge in [0.25, 0.3) is 0 Å². The highest BCUT2D eigenvalue weighted by Gasteiger charge is 2.09. The third-order valence-corrected chi connectivity index (χ3v) is 4.26. The van der Waals surface area contributed by atoms with Gasteiger partial charge in [-0.3, -0.25) is 0 Å². The van der Waals surface area contributed by atoms with Crippen LogP contribution in [0.4, 0.5) is 0 Å². The first kappa shape index (κ1) is 24.9. The Balaban J connectivity index is 0.000000314. The van der Waals surface area contributed by atoms with Crippen molar-refractivity contribution in [1.82, 2.24) is 0 Å². The monoisotopic (exact) mass is 408 g/mol. The molecule has 0 aliphatic carbocycles. The second-order valence-corrected chi connectivity index (χ2v) is 7.25. The number of esters is 1. The maximum Gasteiger partial charge on any atom is 0.336 e. The van der Waals surface area contributed by atoms with Crippen molar-refractivity contribution in [3.63, 3.8) is 0 Å². The van der Waals surface area contributed by atoms with Crippen LogP contribution >= 0.6 is 0 Å². The molecule has 2 rings (SSSR count). The van der Waals surface area contributed by atoms with Crippen molar-refractivity contribution in [1.29, 1.82) is 0 Å². The molecule has 160 valence electrons. The first-order valence-corrected chi connectivity index (χ1v) is 10.3. The molecule has 1 N–H and O–H groups in total. The Bertz CT molecular complexity index is 792. The Kier molecular flexibility index (Phi) is 12.3. The van der Waals surface area contributed by atoms with Gasteiger partial charge in [0.15, 0.2) is 0 Å². The lowest BCUT2D eigenvalue weighted by molar-refractivity contribution is -0.137. The summed E-state index contributed by atoms with van der Waals surface area (Å²) in [4.78, 5) is 21.8. The number of benzene rings is 2. The Morgan fingerprint density at radius 3 is 2.10 bits per heavy atom. The van der Waals surface area contributed by atoms with Crippen LogP contribution in [0.2, 0.25) is 0 Å². The zero-order valence-electron chi connectivity index (χ0n) is 17.9. The summed E-state index contributed by atoms with van der Waals surface area (Å²) >= 11 is 0. The molecule has 0 aliphatic rings. The summed E-state index contributed by atoms with van der Waals surface area (Å²) in [6, 6.07) is 18.6. The van der Waals surface area contributed by atoms with Crippen molar-refractivity contribution in [2.75, 3.05) is 6.61 Å². The van der Waals surface area contributed by atoms with Crippen LogP contribution in [0.15, 0.2) is 73.3 Å². The van der Waals surface area contributed by atoms with Crippen molar-refractivity contribution < 1.29 is 19.4 Å². The summed E-state index contributed by atoms with van der Waals surface area (Å²) in [5.74, 6) is -0.459. The fourth-order valence-corrected chi connectivity index (χ4v) is 2.67. The van der Waals surface area contributed by atoms with E-state index in [-0.39, 0.29) is 5.97 Å². The van der Waals surface area contributed by atoms with E-state index in [0.29, 0.717) is 17.7 Å². The Morgan fingerprint density at radius 1 is 0.967 bits per heavy atom. The van der Waals surface area contributed by atoms with Gasteiger partial charge >= 0.3 is 11.9 Å². The number of carbonyl (C=O) groups excluding carboxylic acids is 1. The fourth-order valence-electron chi connectivity index (χ4n) is 2.67. The molecular weight excluding hydrogens is 376 g/mol. The first-order valence-electron chi connectivity index (χ1n) is 10.3. The van der Waals surface area contributed by atoms with Crippen LogP contribution < -0.4 is 0 Å². The van der Waals surface area contributed by atoms with Crippen LogP contribution in [0.1, 0.15) is 50.7 Å². The SMILES string of the molecule is C=CC(=O)OCCCCCC(C)C.O=C(O)C(=Cc1ccccc1)c1ccccc1. The molecule has 4 nitrogen and oxygen atoms in total. The summed E-state index contributed by atoms with van der Waals surface area (Å²) in [6.07, 6.45) is 7.47. The summed E-state index contributed by atoms with van der Waals surface area (Å²) < 4.78 is 4.84. The molecule has 0 spiro atoms. The van der Waals surface area contributed by atoms with E-state index in [2.05, 4.69) is 20.4 Å². The number of carbonyl (C=O) groups is 2. The minimum absolute atomic E-state index is 0.303. The molecule has 0 saturated carbocycles. The highest BCUT2D eigenvalue weighted by Crippen LogP contribution is 2.18. The average Bonchev–Trinajstić information content (AvgIpc) is 2.75. The standard InChI is InChI=1S/C15H12O2.C11H20O2/c16-15(17)14(13-9-5-2-6-10-13)11-12-7-3-1-4-8-12;1-4-11(12)13-9-7-5-6-8-10(2)3/h1-11H,(H,16,17);4,10H,1,5-9H2,2-3H3. The third-order valence-electron chi connectivity index (χ3n) is 4.26. The van der Waals surface area contributed by atoms with E-state index in [9.17, 15) is 14.7 Å². The maximum atomic E-state index is 11.2. The second kappa shape index (κ2) is 14.8. The number of aliphatic carboxylic acids is 1. The molecule has 2 aromatic rings. The van der Waals surface area contributed by atoms with E-state index in [4.69, 9.17) is 4.74 Å². The molecular formula is C26H32O4. The van der Waals surface area contributed by atoms with Crippen molar-refractivity contribution in [3.05, 3.63) is 84.4 Å². The van der Waals surface area contributed by atoms with Crippen LogP contribution in [-0.4, -0.2) is 23.7 Å². The van der Waals surface area contributed by atoms with E-state index in [1.54, 1.807) is 18.2 Å². The van der Waals surface area contributed by atoms with Crippen molar-refractivity contribution in [3.8, 4) is 0 Å². The van der Waals surface area contributed by atoms with Gasteiger partial charge in [-0.25, -0.2) is 9.59 Å². The van der Waals surface area contributed by atoms with Crippen LogP contribution in [0, 0.1) is 5.92 Å². The Hall–Kier alpha value is -3.14. The summed E-state index contributed by atoms with van der Waals surface area (Å²) in [5, 5.41) is 9.22. The lowest BCUT2D eigenvalue weighted by Crippen LogP contribution is -2.01. The Labute approximate surface area is 179 Å². The highest BCUT2D eigenvalue weighted by molar-refractivity contribution is 6.20. The number of hydrogen-bond donors (Lipinski definition) is 1. The predicted molar refractivity (Wildman–Crippen MR) is 123 cm³/mol. The molecule has 0 atom stereocenters. The van der Waals surface area contributed by atoms with E-state index >= 15 is 0 Å². The van der Waals surface area contributed by atoms with Gasteiger partial charge in [-0.05, 0) is 29.5 Å². The molecule has 0 saturated heterocycles. The quantitative estimate of drug-likeness (QED) is 0.219. The largest absolute Gasteiger partial charge is 0.478 e. The number of carboxylic acids is 1. The van der Waals surface area contributed by atoms with E-state index in [0.717, 1.165) is 24.3 Å². The van der Waals surface area contributed by atoms with Gasteiger partial charge < -0.3 is 9.84 Å². The van der Waals surface area contributed by atoms with Crippen LogP contribution in [-0.2, 0) is 14.3 Å². The molecule has 0 amide bonds. The zero-order chi connectivity index (χ0) is 22.2. The highest BCUT2D eigenvalue weighted by atomic mass is 16.5. The van der Waals surface area contributed by atoms with Gasteiger partial charge in [-0.1, -0.05) is 100 Å². The van der Waals surface area contributed by atoms with Crippen LogP contribution in [0.5, 0.6) is 0 Å². The zero-order valence-corrected chi connectivity index (χ0v) is 17.9. The number of ether oxygens (including phenoxy) is 1. The van der Waals surface area contributed by atoms with E-state index in [1.165, 1.54) is 18.9 Å². The van der Waals surface area contributed by atoms with Crippen molar-refractivity contribution in [2.45, 2.75) is 39.5 Å². The molecule has 0 heterocycles. The van der Waals surface area contributed by atoms with Crippen LogP contribution in [0.25, 0.3) is 11.6 Å². The summed E-state index contributed by atoms with van der Waals surface area (Å²) in [6.45, 7) is 8.29. The van der Waals surface area contributed by atoms with E-state index < -0.39 is 5.97 Å². The molecule has 30 heavy (non-hydrogen) atoms. The molecule has 2 aromatic carbocycles. The van der Waals surface area contributed by atoms with Gasteiger partial charge in [0.2, 0.25) is 0 Å². The number of hydrogen-bond acceptors (Lipinski definition) is 3. The lowest BCUT2D eigenvalue weighted by Gasteiger charge is -2.04. The Morgan fingerprint density at radius 2 is 1.57 bits per heavy atom. The third kappa shape index (κ3) is 11.0. The maximum absolute atomic E-state index is 11.2. The first-order chi connectivity index (χ1) is 14.4. The summed E-state index contributed by atoms with van der Waals surface area (Å²) in [5.41, 5.74) is 1.90. The predicted octanol–water partition coefficient (Wildman–Crippen LogP) is 6.24. The second-order valence-electron chi connectivity index (χ2n) is 7.25. The van der Waals surface area contributed by atoms with Gasteiger partial charge in [0.1, 0.15) is 0 Å². The molecule has 0 aromatic heterocycles. The molecule has 0 radical (unpaired) electrons. The van der Waals surface area contributed by atoms with Crippen LogP contribution in [0.3, 0.4) is 0 Å². The number of carboxylic acid groups (broad SMARTS) is 1. The van der Waals surface area contributed by atoms with Gasteiger partial charge in [0.05, 0.1) is 12.2 Å². The number of rotatable bonds is 10. The smallest absolute Gasteiger partial charge is 0.336 e. The van der Waals surface area contributed by atoms with Crippen molar-refractivity contribution in [2.24, 2.45) is 5.92 Å². The fraction of sp³-hybridized carbons (Fsp3) is 0.308. The minimum Gasteiger partial charge on any atom is -0.478 e. The summed E-state index contributed by atoms with van der Waals surface area (Å²) in [7, 11) is 0. The van der Waals surface area contributed by atoms with Gasteiger partial charge in [-0.15, -0.1) is 0 Å². The van der Waals surface area contributed by atoms with E-state index in [1.807, 2.05) is 48.5 Å². The molecule has 0 aliphatic heterocycles. The topological polar surface area (TPSA) is 63.6 Å². The van der Waals surface area contributed by atoms with Gasteiger partial charge in [-0.2, -0.15) is 0 Å². The number of unbranched alkanes of at least 4 members (excludes halogenated alkanes) is 2. The molecule has 0 unspecified atom stereocenters. The van der Waals surface area contributed by atoms with Gasteiger partial charge in [0, 0.05) is 6.08 Å². The minimum atomic E-state index is -0.917. The molecule has 0 bridgehead atoms. The molecule has 0 fully saturated rings. The lowest BCUT2D eigenvalue weighted by atomic mass is 10.0. The average molecular weight is 409 g/mol. The normalized spacial score (nSPS) is 10.7.